The van der Waals surface area contributed by atoms with Crippen LogP contribution in [-0.2, 0) is 22.4 Å². The molecule has 1 saturated heterocycles. The topological polar surface area (TPSA) is 75.2 Å². The van der Waals surface area contributed by atoms with Crippen molar-refractivity contribution in [3.05, 3.63) is 70.2 Å². The summed E-state index contributed by atoms with van der Waals surface area (Å²) in [6.07, 6.45) is 1.67. The number of amides is 2. The number of nitrogens with zero attached hydrogens (tertiary/aromatic N) is 3. The second-order valence-corrected chi connectivity index (χ2v) is 8.59. The van der Waals surface area contributed by atoms with E-state index < -0.39 is 0 Å². The highest BCUT2D eigenvalue weighted by Gasteiger charge is 2.34. The molecule has 3 aromatic rings. The van der Waals surface area contributed by atoms with Gasteiger partial charge in [0.1, 0.15) is 5.01 Å². The Balaban J connectivity index is 1.38. The molecule has 2 aromatic carbocycles. The van der Waals surface area contributed by atoms with E-state index in [0.29, 0.717) is 24.5 Å². The highest BCUT2D eigenvalue weighted by molar-refractivity contribution is 7.15. The molecule has 1 aliphatic heterocycles. The summed E-state index contributed by atoms with van der Waals surface area (Å²) in [7, 11) is 0. The summed E-state index contributed by atoms with van der Waals surface area (Å²) in [5.74, 6) is -0.0466. The summed E-state index contributed by atoms with van der Waals surface area (Å²) in [5.41, 5.74) is 4.27. The highest BCUT2D eigenvalue weighted by Crippen LogP contribution is 2.34. The molecule has 154 valence electrons. The van der Waals surface area contributed by atoms with Gasteiger partial charge in [0, 0.05) is 24.6 Å². The first-order valence-corrected chi connectivity index (χ1v) is 10.9. The third-order valence-electron chi connectivity index (χ3n) is 5.30. The molecule has 0 spiro atoms. The van der Waals surface area contributed by atoms with Crippen LogP contribution < -0.4 is 10.2 Å². The van der Waals surface area contributed by atoms with Gasteiger partial charge in [-0.2, -0.15) is 0 Å². The predicted octanol–water partition coefficient (Wildman–Crippen LogP) is 4.11. The van der Waals surface area contributed by atoms with Gasteiger partial charge in [0.2, 0.25) is 16.9 Å². The summed E-state index contributed by atoms with van der Waals surface area (Å²) in [5, 5.41) is 12.4. The van der Waals surface area contributed by atoms with Crippen molar-refractivity contribution in [1.29, 1.82) is 0 Å². The Morgan fingerprint density at radius 2 is 1.80 bits per heavy atom. The van der Waals surface area contributed by atoms with Crippen LogP contribution in [0.4, 0.5) is 10.8 Å². The van der Waals surface area contributed by atoms with E-state index in [1.807, 2.05) is 43.3 Å². The van der Waals surface area contributed by atoms with E-state index in [4.69, 9.17) is 0 Å². The molecule has 0 radical (unpaired) electrons. The number of carbonyl (C=O) groups excluding carboxylic acids is 2. The van der Waals surface area contributed by atoms with Gasteiger partial charge in [-0.3, -0.25) is 9.59 Å². The van der Waals surface area contributed by atoms with Gasteiger partial charge in [-0.1, -0.05) is 60.2 Å². The van der Waals surface area contributed by atoms with Gasteiger partial charge in [-0.25, -0.2) is 0 Å². The summed E-state index contributed by atoms with van der Waals surface area (Å²) >= 11 is 1.34. The Labute approximate surface area is 180 Å². The van der Waals surface area contributed by atoms with Crippen molar-refractivity contribution in [2.75, 3.05) is 16.8 Å². The summed E-state index contributed by atoms with van der Waals surface area (Å²) in [4.78, 5) is 26.6. The number of anilines is 2. The zero-order valence-corrected chi connectivity index (χ0v) is 17.9. The van der Waals surface area contributed by atoms with Crippen molar-refractivity contribution < 1.29 is 9.59 Å². The maximum atomic E-state index is 12.5. The third kappa shape index (κ3) is 4.57. The Hall–Kier alpha value is -3.06. The van der Waals surface area contributed by atoms with Crippen LogP contribution in [-0.4, -0.2) is 28.6 Å². The van der Waals surface area contributed by atoms with E-state index in [1.165, 1.54) is 16.9 Å². The lowest BCUT2D eigenvalue weighted by Crippen LogP contribution is -2.24. The Kier molecular flexibility index (Phi) is 5.90. The van der Waals surface area contributed by atoms with Crippen molar-refractivity contribution in [1.82, 2.24) is 10.2 Å². The predicted molar refractivity (Wildman–Crippen MR) is 119 cm³/mol. The molecule has 2 heterocycles. The Morgan fingerprint density at radius 3 is 2.50 bits per heavy atom. The molecular formula is C23H24N4O2S. The van der Waals surface area contributed by atoms with Crippen molar-refractivity contribution in [2.45, 2.75) is 39.0 Å². The average Bonchev–Trinajstić information content (AvgIpc) is 3.36. The van der Waals surface area contributed by atoms with E-state index in [9.17, 15) is 9.59 Å². The third-order valence-corrected chi connectivity index (χ3v) is 6.30. The number of benzene rings is 2. The second-order valence-electron chi connectivity index (χ2n) is 7.58. The molecule has 1 fully saturated rings. The lowest BCUT2D eigenvalue weighted by atomic mass is 10.1. The molecule has 1 aliphatic rings. The first-order chi connectivity index (χ1) is 14.5. The lowest BCUT2D eigenvalue weighted by Gasteiger charge is -2.16. The van der Waals surface area contributed by atoms with Crippen molar-refractivity contribution in [3.8, 4) is 0 Å². The van der Waals surface area contributed by atoms with Gasteiger partial charge in [-0.05, 0) is 36.6 Å². The number of hydrogen-bond donors (Lipinski definition) is 1. The SMILES string of the molecule is CCc1ccc(N2CC(c3nnc(NC(=O)Cc4ccc(C)cc4)s3)CC2=O)cc1. The number of nitrogens with one attached hydrogen (secondary N) is 1. The van der Waals surface area contributed by atoms with E-state index in [1.54, 1.807) is 4.90 Å². The Morgan fingerprint density at radius 1 is 1.10 bits per heavy atom. The summed E-state index contributed by atoms with van der Waals surface area (Å²) in [6.45, 7) is 4.71. The molecular weight excluding hydrogens is 396 g/mol. The molecule has 0 bridgehead atoms. The molecule has 0 aliphatic carbocycles. The maximum Gasteiger partial charge on any atom is 0.230 e. The van der Waals surface area contributed by atoms with Gasteiger partial charge >= 0.3 is 0 Å². The van der Waals surface area contributed by atoms with Gasteiger partial charge in [0.15, 0.2) is 0 Å². The Bertz CT molecular complexity index is 1040. The lowest BCUT2D eigenvalue weighted by molar-refractivity contribution is -0.117. The maximum absolute atomic E-state index is 12.5. The molecule has 30 heavy (non-hydrogen) atoms. The van der Waals surface area contributed by atoms with Crippen LogP contribution in [0.25, 0.3) is 0 Å². The molecule has 1 atom stereocenters. The standard InChI is InChI=1S/C23H24N4O2S/c1-3-16-8-10-19(11-9-16)27-14-18(13-21(27)29)22-25-26-23(30-22)24-20(28)12-17-6-4-15(2)5-7-17/h4-11,18H,3,12-14H2,1-2H3,(H,24,26,28). The molecule has 1 aromatic heterocycles. The molecule has 1 unspecified atom stereocenters. The largest absolute Gasteiger partial charge is 0.312 e. The fraction of sp³-hybridized carbons (Fsp3) is 0.304. The molecule has 0 saturated carbocycles. The average molecular weight is 421 g/mol. The van der Waals surface area contributed by atoms with Crippen LogP contribution in [0.3, 0.4) is 0 Å². The fourth-order valence-electron chi connectivity index (χ4n) is 3.54. The van der Waals surface area contributed by atoms with Crippen LogP contribution in [0, 0.1) is 6.92 Å². The smallest absolute Gasteiger partial charge is 0.230 e. The molecule has 2 amide bonds. The molecule has 6 nitrogen and oxygen atoms in total. The van der Waals surface area contributed by atoms with Gasteiger partial charge in [0.05, 0.1) is 6.42 Å². The van der Waals surface area contributed by atoms with E-state index in [0.717, 1.165) is 28.2 Å². The van der Waals surface area contributed by atoms with Crippen LogP contribution in [0.1, 0.15) is 41.0 Å². The number of aromatic nitrogens is 2. The first-order valence-electron chi connectivity index (χ1n) is 10.1. The molecule has 4 rings (SSSR count). The van der Waals surface area contributed by atoms with E-state index in [2.05, 4.69) is 34.6 Å². The van der Waals surface area contributed by atoms with Gasteiger partial charge in [-0.15, -0.1) is 10.2 Å². The van der Waals surface area contributed by atoms with Crippen molar-refractivity contribution in [3.63, 3.8) is 0 Å². The first kappa shape index (κ1) is 20.2. The number of hydrogen-bond acceptors (Lipinski definition) is 5. The summed E-state index contributed by atoms with van der Waals surface area (Å²) in [6, 6.07) is 16.0. The van der Waals surface area contributed by atoms with E-state index >= 15 is 0 Å². The highest BCUT2D eigenvalue weighted by atomic mass is 32.1. The molecule has 1 N–H and O–H groups in total. The van der Waals surface area contributed by atoms with Crippen molar-refractivity contribution in [2.24, 2.45) is 0 Å². The van der Waals surface area contributed by atoms with Gasteiger partial charge in [0.25, 0.3) is 0 Å². The van der Waals surface area contributed by atoms with Crippen LogP contribution in [0.15, 0.2) is 48.5 Å². The monoisotopic (exact) mass is 420 g/mol. The minimum atomic E-state index is -0.123. The minimum Gasteiger partial charge on any atom is -0.312 e. The van der Waals surface area contributed by atoms with Crippen LogP contribution in [0.5, 0.6) is 0 Å². The number of carbonyl (C=O) groups is 2. The number of rotatable bonds is 6. The van der Waals surface area contributed by atoms with Crippen LogP contribution in [0.2, 0.25) is 0 Å². The normalized spacial score (nSPS) is 16.1. The summed E-state index contributed by atoms with van der Waals surface area (Å²) < 4.78 is 0. The quantitative estimate of drug-likeness (QED) is 0.651. The van der Waals surface area contributed by atoms with Gasteiger partial charge < -0.3 is 10.2 Å². The minimum absolute atomic E-state index is 0.0106. The number of aryl methyl sites for hydroxylation is 2. The van der Waals surface area contributed by atoms with Crippen molar-refractivity contribution >= 4 is 34.0 Å². The zero-order valence-electron chi connectivity index (χ0n) is 17.1. The second kappa shape index (κ2) is 8.75. The fourth-order valence-corrected chi connectivity index (χ4v) is 4.39. The van der Waals surface area contributed by atoms with Crippen LogP contribution >= 0.6 is 11.3 Å². The zero-order chi connectivity index (χ0) is 21.1. The van der Waals surface area contributed by atoms with E-state index in [-0.39, 0.29) is 17.7 Å². The molecule has 7 heteroatoms.